The van der Waals surface area contributed by atoms with E-state index in [-0.39, 0.29) is 23.6 Å². The zero-order chi connectivity index (χ0) is 54.5. The summed E-state index contributed by atoms with van der Waals surface area (Å²) in [4.78, 5) is 4.60. The number of thiophene rings is 3. The molecule has 1 saturated heterocycles. The second-order valence-corrected chi connectivity index (χ2v) is 22.7. The number of ether oxygens (including phenoxy) is 5. The van der Waals surface area contributed by atoms with Gasteiger partial charge in [0.25, 0.3) is 0 Å². The van der Waals surface area contributed by atoms with Gasteiger partial charge in [0.15, 0.2) is 0 Å². The standard InChI is InChI=1S/C22H25N3O3S.C18H15N3OS.C17H17N3O3S2/c23-22(24)21-13-17-4-5-19(14-20(17)29-21)28-15-16-2-1-3-18(12-16)27-11-8-25-6-9-26-10-7-25;1-11(13-7-5-12(10-19)6-8-13)22-15-3-2-4-16-14(15)9-17(23-16)18(20)21;1-25(21,22)20-13-4-2-3-11(7-13)10-23-14-6-5-12-8-16(17(18)19)24-15(12)9-14/h1-5,12-14H,6-11,15H2,(H3,23,24);2-9,11H,1H3,(H3,20,21);2-9,20H,10H2,1H3,(H3,18,19). The number of amidine groups is 3. The first kappa shape index (κ1) is 55.2. The number of sulfonamides is 1. The van der Waals surface area contributed by atoms with Gasteiger partial charge in [0, 0.05) is 44.8 Å². The highest BCUT2D eigenvalue weighted by Crippen LogP contribution is 2.36. The summed E-state index contributed by atoms with van der Waals surface area (Å²) in [7, 11) is -3.31. The molecule has 0 aliphatic carbocycles. The van der Waals surface area contributed by atoms with Gasteiger partial charge in [-0.1, -0.05) is 42.5 Å². The molecule has 1 atom stereocenters. The first-order valence-electron chi connectivity index (χ1n) is 24.2. The molecule has 0 saturated carbocycles. The minimum atomic E-state index is -3.31. The van der Waals surface area contributed by atoms with Crippen molar-refractivity contribution in [2.24, 2.45) is 17.2 Å². The third kappa shape index (κ3) is 15.8. The minimum Gasteiger partial charge on any atom is -0.492 e. The lowest BCUT2D eigenvalue weighted by Crippen LogP contribution is -2.38. The Balaban J connectivity index is 0.000000154. The predicted molar refractivity (Wildman–Crippen MR) is 311 cm³/mol. The topological polar surface area (TPSA) is 269 Å². The minimum absolute atomic E-state index is 0.0545. The number of benzene rings is 6. The fraction of sp³-hybridized carbons (Fsp3) is 0.193. The van der Waals surface area contributed by atoms with Crippen molar-refractivity contribution in [1.29, 1.82) is 21.5 Å². The molecule has 20 heteroatoms. The number of hydrogen-bond donors (Lipinski definition) is 7. The number of nitrogens with one attached hydrogen (secondary N) is 4. The van der Waals surface area contributed by atoms with Crippen LogP contribution in [0.4, 0.5) is 5.69 Å². The molecule has 1 fully saturated rings. The van der Waals surface area contributed by atoms with Gasteiger partial charge in [0.1, 0.15) is 66.4 Å². The Morgan fingerprint density at radius 1 is 0.675 bits per heavy atom. The molecule has 77 heavy (non-hydrogen) atoms. The fourth-order valence-corrected chi connectivity index (χ4v) is 11.3. The van der Waals surface area contributed by atoms with Gasteiger partial charge in [0.05, 0.1) is 45.7 Å². The normalized spacial score (nSPS) is 12.8. The van der Waals surface area contributed by atoms with Crippen molar-refractivity contribution >= 4 is 97.5 Å². The van der Waals surface area contributed by atoms with Gasteiger partial charge in [-0.2, -0.15) is 5.26 Å². The predicted octanol–water partition coefficient (Wildman–Crippen LogP) is 10.8. The van der Waals surface area contributed by atoms with Crippen LogP contribution in [0.25, 0.3) is 30.3 Å². The Kier molecular flexibility index (Phi) is 18.4. The molecule has 0 radical (unpaired) electrons. The first-order chi connectivity index (χ1) is 37.0. The highest BCUT2D eigenvalue weighted by molar-refractivity contribution is 7.92. The molecule has 4 heterocycles. The summed E-state index contributed by atoms with van der Waals surface area (Å²) < 4.78 is 57.3. The van der Waals surface area contributed by atoms with Gasteiger partial charge in [-0.25, -0.2) is 8.42 Å². The smallest absolute Gasteiger partial charge is 0.229 e. The van der Waals surface area contributed by atoms with Crippen LogP contribution in [0.3, 0.4) is 0 Å². The number of fused-ring (bicyclic) bond motifs is 3. The van der Waals surface area contributed by atoms with Gasteiger partial charge >= 0.3 is 0 Å². The summed E-state index contributed by atoms with van der Waals surface area (Å²) in [5.41, 5.74) is 20.7. The highest BCUT2D eigenvalue weighted by Gasteiger charge is 2.15. The molecule has 0 amide bonds. The van der Waals surface area contributed by atoms with E-state index in [2.05, 4.69) is 15.7 Å². The second kappa shape index (κ2) is 25.7. The molecule has 10 N–H and O–H groups in total. The van der Waals surface area contributed by atoms with E-state index < -0.39 is 10.0 Å². The Bertz CT molecular complexity index is 3700. The van der Waals surface area contributed by atoms with Crippen molar-refractivity contribution in [3.63, 3.8) is 0 Å². The largest absolute Gasteiger partial charge is 0.492 e. The molecular weight excluding hydrogens is 1050 g/mol. The zero-order valence-corrected chi connectivity index (χ0v) is 45.5. The second-order valence-electron chi connectivity index (χ2n) is 17.7. The Morgan fingerprint density at radius 2 is 1.22 bits per heavy atom. The maximum absolute atomic E-state index is 11.3. The molecule has 9 aromatic rings. The van der Waals surface area contributed by atoms with Crippen molar-refractivity contribution in [3.05, 3.63) is 182 Å². The number of nitrogens with two attached hydrogens (primary N) is 3. The number of anilines is 1. The molecular formula is C57H57N9O7S4. The molecule has 1 aliphatic rings. The fourth-order valence-electron chi connectivity index (χ4n) is 7.94. The lowest BCUT2D eigenvalue weighted by atomic mass is 10.1. The van der Waals surface area contributed by atoms with Crippen molar-refractivity contribution < 1.29 is 32.1 Å². The number of nitriles is 1. The lowest BCUT2D eigenvalue weighted by Gasteiger charge is -2.26. The van der Waals surface area contributed by atoms with Crippen LogP contribution in [0, 0.1) is 27.6 Å². The van der Waals surface area contributed by atoms with Crippen LogP contribution < -0.4 is 40.9 Å². The van der Waals surface area contributed by atoms with E-state index in [9.17, 15) is 8.42 Å². The third-order valence-electron chi connectivity index (χ3n) is 11.8. The average molecular weight is 1110 g/mol. The van der Waals surface area contributed by atoms with E-state index in [4.69, 9.17) is 62.4 Å². The summed E-state index contributed by atoms with van der Waals surface area (Å²) >= 11 is 4.43. The highest BCUT2D eigenvalue weighted by atomic mass is 32.2. The third-order valence-corrected chi connectivity index (χ3v) is 15.8. The molecule has 0 bridgehead atoms. The van der Waals surface area contributed by atoms with Crippen LogP contribution in [0.15, 0.2) is 146 Å². The van der Waals surface area contributed by atoms with Crippen LogP contribution in [0.2, 0.25) is 0 Å². The molecule has 6 aromatic carbocycles. The number of hydrogen-bond acceptors (Lipinski definition) is 15. The van der Waals surface area contributed by atoms with Crippen LogP contribution in [0.5, 0.6) is 23.0 Å². The molecule has 10 rings (SSSR count). The number of nitrogen functional groups attached to an aromatic ring is 3. The molecule has 16 nitrogen and oxygen atoms in total. The summed E-state index contributed by atoms with van der Waals surface area (Å²) in [5.74, 6) is 3.34. The number of morpholine rings is 1. The summed E-state index contributed by atoms with van der Waals surface area (Å²) in [6.45, 7) is 7.89. The summed E-state index contributed by atoms with van der Waals surface area (Å²) in [6, 6.07) is 47.7. The van der Waals surface area contributed by atoms with Crippen LogP contribution >= 0.6 is 34.0 Å². The molecule has 0 spiro atoms. The van der Waals surface area contributed by atoms with E-state index in [0.717, 1.165) is 118 Å². The molecule has 1 unspecified atom stereocenters. The van der Waals surface area contributed by atoms with Gasteiger partial charge in [-0.05, 0) is 138 Å². The zero-order valence-electron chi connectivity index (χ0n) is 42.2. The van der Waals surface area contributed by atoms with Crippen molar-refractivity contribution in [2.45, 2.75) is 26.2 Å². The van der Waals surface area contributed by atoms with Gasteiger partial charge in [-0.3, -0.25) is 25.8 Å². The monoisotopic (exact) mass is 1110 g/mol. The lowest BCUT2D eigenvalue weighted by molar-refractivity contribution is 0.0322. The van der Waals surface area contributed by atoms with Crippen LogP contribution in [0.1, 0.15) is 49.9 Å². The summed E-state index contributed by atoms with van der Waals surface area (Å²) in [6.07, 6.45) is 0.968. The Hall–Kier alpha value is -8.03. The Morgan fingerprint density at radius 3 is 1.81 bits per heavy atom. The van der Waals surface area contributed by atoms with Crippen molar-refractivity contribution in [1.82, 2.24) is 4.90 Å². The van der Waals surface area contributed by atoms with Crippen molar-refractivity contribution in [2.75, 3.05) is 50.4 Å². The summed E-state index contributed by atoms with van der Waals surface area (Å²) in [5, 5.41) is 34.6. The molecule has 3 aromatic heterocycles. The molecule has 396 valence electrons. The van der Waals surface area contributed by atoms with Gasteiger partial charge in [-0.15, -0.1) is 34.0 Å². The van der Waals surface area contributed by atoms with E-state index in [1.807, 2.05) is 122 Å². The van der Waals surface area contributed by atoms with Crippen LogP contribution in [-0.4, -0.2) is 76.5 Å². The number of nitrogens with zero attached hydrogens (tertiary/aromatic N) is 2. The van der Waals surface area contributed by atoms with Gasteiger partial charge in [0.2, 0.25) is 10.0 Å². The van der Waals surface area contributed by atoms with Gasteiger partial charge < -0.3 is 40.9 Å². The van der Waals surface area contributed by atoms with E-state index in [0.29, 0.717) is 36.8 Å². The van der Waals surface area contributed by atoms with E-state index in [1.165, 1.54) is 34.0 Å². The molecule has 1 aliphatic heterocycles. The van der Waals surface area contributed by atoms with Crippen LogP contribution in [-0.2, 0) is 28.0 Å². The number of rotatable bonds is 18. The Labute approximate surface area is 458 Å². The SMILES string of the molecule is CC(Oc1cccc2sc(C(=N)N)cc12)c1ccc(C#N)cc1.CS(=O)(=O)Nc1cccc(COc2ccc3cc(C(=N)N)sc3c2)c1.N=C(N)c1cc2ccc(OCc3cccc(OCCN4CCOCC4)c3)cc2s1. The van der Waals surface area contributed by atoms with Crippen molar-refractivity contribution in [3.8, 4) is 29.1 Å². The average Bonchev–Trinajstić information content (AvgIpc) is 4.19. The first-order valence-corrected chi connectivity index (χ1v) is 28.5. The van der Waals surface area contributed by atoms with E-state index in [1.54, 1.807) is 30.3 Å². The quantitative estimate of drug-likeness (QED) is 0.0312. The maximum atomic E-state index is 11.3. The maximum Gasteiger partial charge on any atom is 0.229 e. The van der Waals surface area contributed by atoms with E-state index >= 15 is 0 Å².